The number of carbonyl (C=O) groups is 1. The molecule has 0 radical (unpaired) electrons. The predicted molar refractivity (Wildman–Crippen MR) is 67.6 cm³/mol. The smallest absolute Gasteiger partial charge is 0.325 e. The van der Waals surface area contributed by atoms with Gasteiger partial charge in [-0.3, -0.25) is 9.59 Å². The Morgan fingerprint density at radius 3 is 2.94 bits per heavy atom. The zero-order valence-corrected chi connectivity index (χ0v) is 11.6. The molecule has 18 heavy (non-hydrogen) atoms. The van der Waals surface area contributed by atoms with Gasteiger partial charge in [-0.2, -0.15) is 5.10 Å². The SMILES string of the molecule is CC1CN(C(=O)Cn2ncsc2=O)CC(C)(C)O1. The Morgan fingerprint density at radius 2 is 2.39 bits per heavy atom. The number of hydrogen-bond donors (Lipinski definition) is 0. The van der Waals surface area contributed by atoms with E-state index in [1.165, 1.54) is 10.2 Å². The van der Waals surface area contributed by atoms with Crippen molar-refractivity contribution in [2.75, 3.05) is 13.1 Å². The minimum atomic E-state index is -0.347. The molecule has 0 aromatic carbocycles. The summed E-state index contributed by atoms with van der Waals surface area (Å²) < 4.78 is 6.93. The Bertz CT molecular complexity index is 494. The molecule has 7 heteroatoms. The molecule has 2 rings (SSSR count). The number of amides is 1. The molecular weight excluding hydrogens is 254 g/mol. The minimum absolute atomic E-state index is 0.00450. The monoisotopic (exact) mass is 271 g/mol. The summed E-state index contributed by atoms with van der Waals surface area (Å²) in [5.41, 5.74) is 1.10. The van der Waals surface area contributed by atoms with Gasteiger partial charge in [0.05, 0.1) is 11.7 Å². The Hall–Kier alpha value is -1.21. The highest BCUT2D eigenvalue weighted by molar-refractivity contribution is 7.06. The molecule has 6 nitrogen and oxygen atoms in total. The summed E-state index contributed by atoms with van der Waals surface area (Å²) in [6.45, 7) is 6.95. The molecule has 1 amide bonds. The second-order valence-corrected chi connectivity index (χ2v) is 5.92. The van der Waals surface area contributed by atoms with E-state index in [2.05, 4.69) is 5.10 Å². The maximum atomic E-state index is 12.1. The van der Waals surface area contributed by atoms with Crippen LogP contribution >= 0.6 is 11.3 Å². The average molecular weight is 271 g/mol. The van der Waals surface area contributed by atoms with Crippen molar-refractivity contribution in [3.05, 3.63) is 15.2 Å². The first-order valence-corrected chi connectivity index (χ1v) is 6.71. The highest BCUT2D eigenvalue weighted by atomic mass is 32.1. The van der Waals surface area contributed by atoms with Gasteiger partial charge in [0, 0.05) is 13.1 Å². The lowest BCUT2D eigenvalue weighted by molar-refractivity contribution is -0.158. The number of nitrogens with zero attached hydrogens (tertiary/aromatic N) is 3. The molecule has 100 valence electrons. The number of carbonyl (C=O) groups excluding carboxylic acids is 1. The minimum Gasteiger partial charge on any atom is -0.369 e. The second kappa shape index (κ2) is 4.81. The maximum absolute atomic E-state index is 12.1. The summed E-state index contributed by atoms with van der Waals surface area (Å²) in [6, 6.07) is 0. The standard InChI is InChI=1S/C11H17N3O3S/c1-8-4-13(6-11(2,3)17-8)9(15)5-14-10(16)18-7-12-14/h7-8H,4-6H2,1-3H3. The Morgan fingerprint density at radius 1 is 1.67 bits per heavy atom. The van der Waals surface area contributed by atoms with Crippen LogP contribution in [-0.4, -0.2) is 45.4 Å². The molecule has 1 unspecified atom stereocenters. The summed E-state index contributed by atoms with van der Waals surface area (Å²) in [6.07, 6.45) is 0.00450. The molecule has 0 N–H and O–H groups in total. The lowest BCUT2D eigenvalue weighted by atomic mass is 10.1. The van der Waals surface area contributed by atoms with Crippen molar-refractivity contribution < 1.29 is 9.53 Å². The maximum Gasteiger partial charge on any atom is 0.325 e. The molecule has 0 saturated carbocycles. The summed E-state index contributed by atoms with van der Waals surface area (Å²) in [4.78, 5) is 25.0. The molecule has 2 heterocycles. The highest BCUT2D eigenvalue weighted by Crippen LogP contribution is 2.20. The summed E-state index contributed by atoms with van der Waals surface area (Å²) in [5.74, 6) is -0.0915. The zero-order chi connectivity index (χ0) is 13.3. The molecule has 1 aromatic rings. The molecular formula is C11H17N3O3S. The first-order valence-electron chi connectivity index (χ1n) is 5.83. The fraction of sp³-hybridized carbons (Fsp3) is 0.727. The van der Waals surface area contributed by atoms with E-state index < -0.39 is 0 Å². The fourth-order valence-corrected chi connectivity index (χ4v) is 2.70. The topological polar surface area (TPSA) is 64.4 Å². The van der Waals surface area contributed by atoms with E-state index in [9.17, 15) is 9.59 Å². The van der Waals surface area contributed by atoms with Crippen molar-refractivity contribution in [2.24, 2.45) is 0 Å². The summed E-state index contributed by atoms with van der Waals surface area (Å²) in [5, 5.41) is 3.85. The van der Waals surface area contributed by atoms with Gasteiger partial charge in [0.15, 0.2) is 0 Å². The second-order valence-electron chi connectivity index (χ2n) is 5.12. The first kappa shape index (κ1) is 13.2. The van der Waals surface area contributed by atoms with Gasteiger partial charge in [-0.1, -0.05) is 11.3 Å². The average Bonchev–Trinajstić information content (AvgIpc) is 2.61. The van der Waals surface area contributed by atoms with E-state index in [0.717, 1.165) is 11.3 Å². The van der Waals surface area contributed by atoms with Gasteiger partial charge < -0.3 is 9.64 Å². The Kier molecular flexibility index (Phi) is 3.54. The van der Waals surface area contributed by atoms with Crippen molar-refractivity contribution in [3.8, 4) is 0 Å². The molecule has 1 aliphatic rings. The van der Waals surface area contributed by atoms with Crippen LogP contribution in [-0.2, 0) is 16.1 Å². The van der Waals surface area contributed by atoms with Gasteiger partial charge in [-0.05, 0) is 20.8 Å². The molecule has 0 spiro atoms. The number of ether oxygens (including phenoxy) is 1. The molecule has 1 fully saturated rings. The summed E-state index contributed by atoms with van der Waals surface area (Å²) in [7, 11) is 0. The van der Waals surface area contributed by atoms with Crippen LogP contribution in [0, 0.1) is 0 Å². The van der Waals surface area contributed by atoms with Gasteiger partial charge in [0.25, 0.3) is 0 Å². The summed E-state index contributed by atoms with van der Waals surface area (Å²) >= 11 is 0.994. The quantitative estimate of drug-likeness (QED) is 0.777. The third-order valence-corrected chi connectivity index (χ3v) is 3.37. The lowest BCUT2D eigenvalue weighted by Gasteiger charge is -2.41. The van der Waals surface area contributed by atoms with Crippen molar-refractivity contribution in [1.82, 2.24) is 14.7 Å². The van der Waals surface area contributed by atoms with Crippen LogP contribution in [0.5, 0.6) is 0 Å². The van der Waals surface area contributed by atoms with E-state index in [1.54, 1.807) is 4.90 Å². The van der Waals surface area contributed by atoms with Crippen LogP contribution in [0.4, 0.5) is 0 Å². The van der Waals surface area contributed by atoms with Crippen LogP contribution in [0.1, 0.15) is 20.8 Å². The van der Waals surface area contributed by atoms with Gasteiger partial charge in [-0.15, -0.1) is 0 Å². The lowest BCUT2D eigenvalue weighted by Crippen LogP contribution is -2.54. The third-order valence-electron chi connectivity index (χ3n) is 2.76. The number of morpholine rings is 1. The number of aromatic nitrogens is 2. The van der Waals surface area contributed by atoms with Crippen LogP contribution < -0.4 is 4.87 Å². The number of rotatable bonds is 2. The largest absolute Gasteiger partial charge is 0.369 e. The molecule has 1 aromatic heterocycles. The predicted octanol–water partition coefficient (Wildman–Crippen LogP) is 0.331. The third kappa shape index (κ3) is 2.97. The molecule has 1 aliphatic heterocycles. The van der Waals surface area contributed by atoms with Crippen LogP contribution in [0.3, 0.4) is 0 Å². The molecule has 1 atom stereocenters. The number of hydrogen-bond acceptors (Lipinski definition) is 5. The van der Waals surface area contributed by atoms with Crippen molar-refractivity contribution in [3.63, 3.8) is 0 Å². The Balaban J connectivity index is 2.05. The Labute approximate surface area is 109 Å². The van der Waals surface area contributed by atoms with Crippen LogP contribution in [0.15, 0.2) is 10.3 Å². The van der Waals surface area contributed by atoms with Crippen LogP contribution in [0.2, 0.25) is 0 Å². The zero-order valence-electron chi connectivity index (χ0n) is 10.8. The van der Waals surface area contributed by atoms with Crippen molar-refractivity contribution in [1.29, 1.82) is 0 Å². The van der Waals surface area contributed by atoms with Gasteiger partial charge in [0.2, 0.25) is 5.91 Å². The van der Waals surface area contributed by atoms with E-state index in [1.807, 2.05) is 20.8 Å². The van der Waals surface area contributed by atoms with Gasteiger partial charge in [-0.25, -0.2) is 4.68 Å². The van der Waals surface area contributed by atoms with Crippen LogP contribution in [0.25, 0.3) is 0 Å². The highest BCUT2D eigenvalue weighted by Gasteiger charge is 2.33. The van der Waals surface area contributed by atoms with E-state index in [-0.39, 0.29) is 29.0 Å². The molecule has 0 aliphatic carbocycles. The van der Waals surface area contributed by atoms with E-state index >= 15 is 0 Å². The van der Waals surface area contributed by atoms with E-state index in [4.69, 9.17) is 4.74 Å². The van der Waals surface area contributed by atoms with Gasteiger partial charge in [0.1, 0.15) is 12.1 Å². The van der Waals surface area contributed by atoms with Crippen molar-refractivity contribution >= 4 is 17.2 Å². The van der Waals surface area contributed by atoms with E-state index in [0.29, 0.717) is 13.1 Å². The molecule has 0 bridgehead atoms. The fourth-order valence-electron chi connectivity index (χ4n) is 2.21. The van der Waals surface area contributed by atoms with Gasteiger partial charge >= 0.3 is 4.87 Å². The first-order chi connectivity index (χ1) is 8.37. The molecule has 1 saturated heterocycles. The normalized spacial score (nSPS) is 23.1. The van der Waals surface area contributed by atoms with Crippen molar-refractivity contribution in [2.45, 2.75) is 39.0 Å².